The first-order valence-corrected chi connectivity index (χ1v) is 8.94. The van der Waals surface area contributed by atoms with Gasteiger partial charge in [-0.1, -0.05) is 43.5 Å². The topological polar surface area (TPSA) is 38.8 Å². The van der Waals surface area contributed by atoms with Crippen molar-refractivity contribution in [2.75, 3.05) is 18.6 Å². The van der Waals surface area contributed by atoms with Crippen molar-refractivity contribution in [2.24, 2.45) is 5.92 Å². The Kier molecular flexibility index (Phi) is 5.94. The van der Waals surface area contributed by atoms with E-state index >= 15 is 0 Å². The Morgan fingerprint density at radius 1 is 1.00 bits per heavy atom. The van der Waals surface area contributed by atoms with E-state index in [1.54, 1.807) is 12.0 Å². The van der Waals surface area contributed by atoms with E-state index in [-0.39, 0.29) is 6.09 Å². The predicted molar refractivity (Wildman–Crippen MR) is 99.5 cm³/mol. The Morgan fingerprint density at radius 2 is 1.72 bits per heavy atom. The summed E-state index contributed by atoms with van der Waals surface area (Å²) in [5.41, 5.74) is 1.52. The van der Waals surface area contributed by atoms with Crippen LogP contribution in [0.25, 0.3) is 0 Å². The summed E-state index contributed by atoms with van der Waals surface area (Å²) in [5.74, 6) is 1.19. The molecule has 0 radical (unpaired) electrons. The summed E-state index contributed by atoms with van der Waals surface area (Å²) in [4.78, 5) is 14.5. The van der Waals surface area contributed by atoms with Crippen LogP contribution in [0.5, 0.6) is 5.75 Å². The number of anilines is 2. The maximum atomic E-state index is 12.8. The molecule has 0 atom stereocenters. The molecule has 3 rings (SSSR count). The van der Waals surface area contributed by atoms with Crippen molar-refractivity contribution in [3.8, 4) is 5.75 Å². The molecule has 0 aromatic heterocycles. The zero-order valence-electron chi connectivity index (χ0n) is 14.7. The van der Waals surface area contributed by atoms with Gasteiger partial charge in [-0.15, -0.1) is 0 Å². The van der Waals surface area contributed by atoms with Gasteiger partial charge in [-0.05, 0) is 43.0 Å². The van der Waals surface area contributed by atoms with Crippen LogP contribution in [0.15, 0.2) is 54.6 Å². The monoisotopic (exact) mass is 339 g/mol. The van der Waals surface area contributed by atoms with Crippen LogP contribution in [-0.2, 0) is 4.74 Å². The van der Waals surface area contributed by atoms with Gasteiger partial charge in [0.2, 0.25) is 0 Å². The molecule has 132 valence electrons. The maximum Gasteiger partial charge on any atom is 0.418 e. The van der Waals surface area contributed by atoms with Crippen LogP contribution in [0.3, 0.4) is 0 Å². The molecule has 2 aromatic carbocycles. The SMILES string of the molecule is COc1cccc(N(C(=O)OCC2CCCCC2)c2ccccc2)c1. The third-order valence-electron chi connectivity index (χ3n) is 4.68. The maximum absolute atomic E-state index is 12.8. The lowest BCUT2D eigenvalue weighted by Gasteiger charge is -2.25. The number of benzene rings is 2. The van der Waals surface area contributed by atoms with Gasteiger partial charge in [0, 0.05) is 6.07 Å². The van der Waals surface area contributed by atoms with E-state index in [1.165, 1.54) is 19.3 Å². The fourth-order valence-corrected chi connectivity index (χ4v) is 3.29. The number of nitrogens with zero attached hydrogens (tertiary/aromatic N) is 1. The quantitative estimate of drug-likeness (QED) is 0.717. The summed E-state index contributed by atoms with van der Waals surface area (Å²) in [7, 11) is 1.62. The summed E-state index contributed by atoms with van der Waals surface area (Å²) in [6.45, 7) is 0.492. The third-order valence-corrected chi connectivity index (χ3v) is 4.68. The summed E-state index contributed by atoms with van der Waals surface area (Å²) in [6, 6.07) is 17.0. The Labute approximate surface area is 149 Å². The van der Waals surface area contributed by atoms with Gasteiger partial charge in [-0.3, -0.25) is 0 Å². The molecule has 0 bridgehead atoms. The molecule has 0 saturated heterocycles. The average Bonchev–Trinajstić information content (AvgIpc) is 2.68. The normalized spacial score (nSPS) is 14.8. The van der Waals surface area contributed by atoms with E-state index in [4.69, 9.17) is 9.47 Å². The van der Waals surface area contributed by atoms with E-state index in [0.717, 1.165) is 24.2 Å². The van der Waals surface area contributed by atoms with Crippen molar-refractivity contribution in [3.05, 3.63) is 54.6 Å². The molecule has 0 spiro atoms. The Balaban J connectivity index is 1.79. The van der Waals surface area contributed by atoms with Gasteiger partial charge < -0.3 is 9.47 Å². The van der Waals surface area contributed by atoms with Crippen molar-refractivity contribution in [2.45, 2.75) is 32.1 Å². The number of rotatable bonds is 5. The molecule has 0 unspecified atom stereocenters. The number of para-hydroxylation sites is 1. The molecule has 1 aliphatic carbocycles. The average molecular weight is 339 g/mol. The van der Waals surface area contributed by atoms with E-state index in [2.05, 4.69) is 0 Å². The third kappa shape index (κ3) is 4.53. The lowest BCUT2D eigenvalue weighted by molar-refractivity contribution is 0.124. The lowest BCUT2D eigenvalue weighted by atomic mass is 9.90. The first-order chi connectivity index (χ1) is 12.3. The number of hydrogen-bond donors (Lipinski definition) is 0. The second kappa shape index (κ2) is 8.56. The standard InChI is InChI=1S/C21H25NO3/c1-24-20-14-8-13-19(15-20)22(18-11-6-3-7-12-18)21(23)25-16-17-9-4-2-5-10-17/h3,6-8,11-15,17H,2,4-5,9-10,16H2,1H3. The number of hydrogen-bond acceptors (Lipinski definition) is 3. The van der Waals surface area contributed by atoms with E-state index in [1.807, 2.05) is 54.6 Å². The predicted octanol–water partition coefficient (Wildman–Crippen LogP) is 5.55. The highest BCUT2D eigenvalue weighted by atomic mass is 16.6. The van der Waals surface area contributed by atoms with E-state index in [9.17, 15) is 4.79 Å². The summed E-state index contributed by atoms with van der Waals surface area (Å²) >= 11 is 0. The molecule has 25 heavy (non-hydrogen) atoms. The molecule has 1 fully saturated rings. The zero-order valence-corrected chi connectivity index (χ0v) is 14.7. The van der Waals surface area contributed by atoms with Crippen molar-refractivity contribution >= 4 is 17.5 Å². The molecular weight excluding hydrogens is 314 g/mol. The van der Waals surface area contributed by atoms with Gasteiger partial charge in [0.25, 0.3) is 0 Å². The van der Waals surface area contributed by atoms with Crippen LogP contribution in [0.1, 0.15) is 32.1 Å². The van der Waals surface area contributed by atoms with Gasteiger partial charge in [0.05, 0.1) is 25.1 Å². The number of carbonyl (C=O) groups excluding carboxylic acids is 1. The van der Waals surface area contributed by atoms with Gasteiger partial charge in [-0.2, -0.15) is 0 Å². The van der Waals surface area contributed by atoms with E-state index in [0.29, 0.717) is 18.3 Å². The van der Waals surface area contributed by atoms with Crippen LogP contribution in [0.2, 0.25) is 0 Å². The Morgan fingerprint density at radius 3 is 2.44 bits per heavy atom. The molecule has 1 amide bonds. The first kappa shape index (κ1) is 17.3. The fraction of sp³-hybridized carbons (Fsp3) is 0.381. The summed E-state index contributed by atoms with van der Waals surface area (Å²) < 4.78 is 11.0. The number of carbonyl (C=O) groups is 1. The number of amides is 1. The summed E-state index contributed by atoms with van der Waals surface area (Å²) in [5, 5.41) is 0. The molecule has 0 aliphatic heterocycles. The van der Waals surface area contributed by atoms with Crippen LogP contribution >= 0.6 is 0 Å². The fourth-order valence-electron chi connectivity index (χ4n) is 3.29. The van der Waals surface area contributed by atoms with Crippen LogP contribution in [0, 0.1) is 5.92 Å². The molecule has 4 nitrogen and oxygen atoms in total. The van der Waals surface area contributed by atoms with Crippen molar-refractivity contribution < 1.29 is 14.3 Å². The Hall–Kier alpha value is -2.49. The summed E-state index contributed by atoms with van der Waals surface area (Å²) in [6.07, 6.45) is 5.73. The minimum Gasteiger partial charge on any atom is -0.497 e. The van der Waals surface area contributed by atoms with Crippen LogP contribution < -0.4 is 9.64 Å². The van der Waals surface area contributed by atoms with Crippen LogP contribution in [0.4, 0.5) is 16.2 Å². The molecular formula is C21H25NO3. The molecule has 2 aromatic rings. The minimum atomic E-state index is -0.343. The lowest BCUT2D eigenvalue weighted by Crippen LogP contribution is -2.29. The van der Waals surface area contributed by atoms with Crippen molar-refractivity contribution in [1.82, 2.24) is 0 Å². The highest BCUT2D eigenvalue weighted by molar-refractivity contribution is 5.96. The second-order valence-corrected chi connectivity index (χ2v) is 6.45. The Bertz CT molecular complexity index is 681. The molecule has 4 heteroatoms. The molecule has 0 N–H and O–H groups in total. The first-order valence-electron chi connectivity index (χ1n) is 8.94. The van der Waals surface area contributed by atoms with E-state index < -0.39 is 0 Å². The second-order valence-electron chi connectivity index (χ2n) is 6.45. The van der Waals surface area contributed by atoms with Crippen molar-refractivity contribution in [1.29, 1.82) is 0 Å². The molecule has 0 heterocycles. The van der Waals surface area contributed by atoms with Crippen molar-refractivity contribution in [3.63, 3.8) is 0 Å². The zero-order chi connectivity index (χ0) is 17.5. The number of ether oxygens (including phenoxy) is 2. The van der Waals surface area contributed by atoms with Gasteiger partial charge in [0.1, 0.15) is 5.75 Å². The highest BCUT2D eigenvalue weighted by Crippen LogP contribution is 2.30. The van der Waals surface area contributed by atoms with Gasteiger partial charge in [-0.25, -0.2) is 9.69 Å². The smallest absolute Gasteiger partial charge is 0.418 e. The van der Waals surface area contributed by atoms with Gasteiger partial charge >= 0.3 is 6.09 Å². The largest absolute Gasteiger partial charge is 0.497 e. The number of methoxy groups -OCH3 is 1. The highest BCUT2D eigenvalue weighted by Gasteiger charge is 2.22. The van der Waals surface area contributed by atoms with Gasteiger partial charge in [0.15, 0.2) is 0 Å². The minimum absolute atomic E-state index is 0.343. The molecule has 1 aliphatic rings. The van der Waals surface area contributed by atoms with Crippen LogP contribution in [-0.4, -0.2) is 19.8 Å². The molecule has 1 saturated carbocycles.